The van der Waals surface area contributed by atoms with Crippen LogP contribution in [0.5, 0.6) is 0 Å². The second-order valence-electron chi connectivity index (χ2n) is 9.40. The minimum atomic E-state index is -4.88. The van der Waals surface area contributed by atoms with E-state index >= 15 is 4.39 Å². The maximum Gasteiger partial charge on any atom is 0.267 e. The molecule has 5 rings (SSSR count). The zero-order valence-electron chi connectivity index (χ0n) is 22.3. The summed E-state index contributed by atoms with van der Waals surface area (Å²) in [6.07, 6.45) is 2.77. The SMILES string of the molecule is Cc1ccc(F)c(S(=O)(=O)Nc2cccc(-c3nc(-c4cc(F)ccn4)sc3-c3ccnc(NC(C)C)n3)c2F)c1F. The number of thiazole rings is 1. The van der Waals surface area contributed by atoms with E-state index in [1.54, 1.807) is 6.07 Å². The highest BCUT2D eigenvalue weighted by Gasteiger charge is 2.28. The molecule has 0 radical (unpaired) electrons. The van der Waals surface area contributed by atoms with Crippen molar-refractivity contribution in [1.82, 2.24) is 19.9 Å². The summed E-state index contributed by atoms with van der Waals surface area (Å²) >= 11 is 1.06. The first-order chi connectivity index (χ1) is 19.9. The fraction of sp³-hybridized carbons (Fsp3) is 0.143. The van der Waals surface area contributed by atoms with E-state index in [2.05, 4.69) is 25.3 Å². The smallest absolute Gasteiger partial charge is 0.267 e. The highest BCUT2D eigenvalue weighted by atomic mass is 32.2. The van der Waals surface area contributed by atoms with Gasteiger partial charge in [0.05, 0.1) is 22.0 Å². The van der Waals surface area contributed by atoms with Crippen molar-refractivity contribution in [2.24, 2.45) is 0 Å². The van der Waals surface area contributed by atoms with E-state index < -0.39 is 43.9 Å². The predicted octanol–water partition coefficient (Wildman–Crippen LogP) is 6.82. The lowest BCUT2D eigenvalue weighted by atomic mass is 10.1. The van der Waals surface area contributed by atoms with Gasteiger partial charge < -0.3 is 5.32 Å². The zero-order valence-corrected chi connectivity index (χ0v) is 23.9. The van der Waals surface area contributed by atoms with E-state index in [0.717, 1.165) is 29.5 Å². The van der Waals surface area contributed by atoms with Gasteiger partial charge in [0.2, 0.25) is 5.95 Å². The Kier molecular flexibility index (Phi) is 7.93. The summed E-state index contributed by atoms with van der Waals surface area (Å²) in [5.41, 5.74) is -0.217. The van der Waals surface area contributed by atoms with Crippen molar-refractivity contribution in [2.75, 3.05) is 10.0 Å². The van der Waals surface area contributed by atoms with E-state index in [0.29, 0.717) is 16.5 Å². The second-order valence-corrected chi connectivity index (χ2v) is 12.0. The minimum Gasteiger partial charge on any atom is -0.352 e. The Morgan fingerprint density at radius 1 is 0.881 bits per heavy atom. The molecular weight excluding hydrogens is 592 g/mol. The molecule has 0 bridgehead atoms. The highest BCUT2D eigenvalue weighted by Crippen LogP contribution is 2.41. The summed E-state index contributed by atoms with van der Waals surface area (Å²) in [7, 11) is -4.88. The molecule has 3 aromatic heterocycles. The van der Waals surface area contributed by atoms with Gasteiger partial charge in [-0.15, -0.1) is 11.3 Å². The van der Waals surface area contributed by atoms with Crippen LogP contribution in [0.15, 0.2) is 65.8 Å². The van der Waals surface area contributed by atoms with Gasteiger partial charge in [-0.3, -0.25) is 9.71 Å². The number of nitrogens with zero attached hydrogens (tertiary/aromatic N) is 4. The lowest BCUT2D eigenvalue weighted by molar-refractivity contribution is 0.516. The molecule has 0 saturated heterocycles. The molecule has 3 heterocycles. The molecule has 14 heteroatoms. The van der Waals surface area contributed by atoms with Crippen LogP contribution in [0.3, 0.4) is 0 Å². The van der Waals surface area contributed by atoms with Gasteiger partial charge in [-0.2, -0.15) is 0 Å². The Labute approximate surface area is 242 Å². The molecule has 0 fully saturated rings. The normalized spacial score (nSPS) is 11.6. The lowest BCUT2D eigenvalue weighted by Crippen LogP contribution is -2.18. The Hall–Kier alpha value is -4.43. The Morgan fingerprint density at radius 3 is 2.38 bits per heavy atom. The number of benzene rings is 2. The van der Waals surface area contributed by atoms with Crippen molar-refractivity contribution in [3.8, 4) is 32.5 Å². The molecule has 2 N–H and O–H groups in total. The third kappa shape index (κ3) is 5.81. The minimum absolute atomic E-state index is 0.0125. The molecule has 216 valence electrons. The van der Waals surface area contributed by atoms with Gasteiger partial charge in [-0.25, -0.2) is 40.9 Å². The number of hydrogen-bond donors (Lipinski definition) is 2. The van der Waals surface area contributed by atoms with Crippen LogP contribution >= 0.6 is 11.3 Å². The number of anilines is 2. The largest absolute Gasteiger partial charge is 0.352 e. The summed E-state index contributed by atoms with van der Waals surface area (Å²) < 4.78 is 87.0. The van der Waals surface area contributed by atoms with Crippen LogP contribution in [0.4, 0.5) is 29.2 Å². The van der Waals surface area contributed by atoms with E-state index in [9.17, 15) is 21.6 Å². The third-order valence-electron chi connectivity index (χ3n) is 5.88. The summed E-state index contributed by atoms with van der Waals surface area (Å²) in [5, 5.41) is 3.32. The number of rotatable bonds is 8. The average Bonchev–Trinajstić information content (AvgIpc) is 3.37. The number of pyridine rings is 1. The maximum absolute atomic E-state index is 16.0. The van der Waals surface area contributed by atoms with Crippen LogP contribution in [-0.4, -0.2) is 34.4 Å². The fourth-order valence-corrected chi connectivity index (χ4v) is 6.28. The van der Waals surface area contributed by atoms with E-state index in [-0.39, 0.29) is 33.6 Å². The van der Waals surface area contributed by atoms with Gasteiger partial charge in [0.1, 0.15) is 28.2 Å². The van der Waals surface area contributed by atoms with Gasteiger partial charge in [0, 0.05) is 30.1 Å². The lowest BCUT2D eigenvalue weighted by Gasteiger charge is -2.13. The van der Waals surface area contributed by atoms with Crippen molar-refractivity contribution in [2.45, 2.75) is 31.7 Å². The molecular formula is C28H22F4N6O2S2. The van der Waals surface area contributed by atoms with Crippen LogP contribution in [0.1, 0.15) is 19.4 Å². The molecule has 0 amide bonds. The molecule has 0 aliphatic heterocycles. The molecule has 0 spiro atoms. The van der Waals surface area contributed by atoms with Crippen molar-refractivity contribution >= 4 is 33.0 Å². The van der Waals surface area contributed by atoms with Gasteiger partial charge >= 0.3 is 0 Å². The number of aromatic nitrogens is 4. The van der Waals surface area contributed by atoms with Crippen LogP contribution < -0.4 is 10.0 Å². The molecule has 0 unspecified atom stereocenters. The highest BCUT2D eigenvalue weighted by molar-refractivity contribution is 7.92. The molecule has 2 aromatic carbocycles. The van der Waals surface area contributed by atoms with Gasteiger partial charge in [0.15, 0.2) is 10.7 Å². The third-order valence-corrected chi connectivity index (χ3v) is 8.38. The quantitative estimate of drug-likeness (QED) is 0.185. The Bertz CT molecular complexity index is 1910. The maximum atomic E-state index is 16.0. The van der Waals surface area contributed by atoms with Crippen molar-refractivity contribution in [3.05, 3.63) is 89.8 Å². The fourth-order valence-electron chi connectivity index (χ4n) is 3.99. The van der Waals surface area contributed by atoms with Crippen LogP contribution in [-0.2, 0) is 10.0 Å². The number of halogens is 4. The van der Waals surface area contributed by atoms with Crippen molar-refractivity contribution in [1.29, 1.82) is 0 Å². The molecule has 0 aliphatic rings. The van der Waals surface area contributed by atoms with Gasteiger partial charge in [-0.05, 0) is 56.7 Å². The standard InChI is InChI=1S/C28H22F4N6O2S2/c1-14(2)35-28-34-12-10-20(36-28)25-24(37-27(41-25)21-13-16(29)9-11-33-21)17-5-4-6-19(23(17)32)38-42(39,40)26-18(30)8-7-15(3)22(26)31/h4-14,38H,1-3H3,(H,34,35,36). The molecule has 0 aliphatic carbocycles. The molecule has 42 heavy (non-hydrogen) atoms. The van der Waals surface area contributed by atoms with Crippen LogP contribution in [0.2, 0.25) is 0 Å². The van der Waals surface area contributed by atoms with Gasteiger partial charge in [0.25, 0.3) is 10.0 Å². The number of nitrogens with one attached hydrogen (secondary N) is 2. The first-order valence-corrected chi connectivity index (χ1v) is 14.7. The summed E-state index contributed by atoms with van der Waals surface area (Å²) in [4.78, 5) is 16.5. The van der Waals surface area contributed by atoms with Crippen molar-refractivity contribution < 1.29 is 26.0 Å². The number of sulfonamides is 1. The monoisotopic (exact) mass is 614 g/mol. The summed E-state index contributed by atoms with van der Waals surface area (Å²) in [5.74, 6) is -3.93. The van der Waals surface area contributed by atoms with Crippen LogP contribution in [0, 0.1) is 30.2 Å². The molecule has 0 atom stereocenters. The first-order valence-electron chi connectivity index (χ1n) is 12.4. The molecule has 0 saturated carbocycles. The summed E-state index contributed by atoms with van der Waals surface area (Å²) in [6, 6.07) is 9.66. The van der Waals surface area contributed by atoms with E-state index in [4.69, 9.17) is 0 Å². The second kappa shape index (κ2) is 11.4. The first kappa shape index (κ1) is 29.1. The van der Waals surface area contributed by atoms with Gasteiger partial charge in [-0.1, -0.05) is 12.1 Å². The van der Waals surface area contributed by atoms with E-state index in [1.807, 2.05) is 18.6 Å². The molecule has 5 aromatic rings. The number of hydrogen-bond acceptors (Lipinski definition) is 8. The Morgan fingerprint density at radius 2 is 1.64 bits per heavy atom. The predicted molar refractivity (Wildman–Crippen MR) is 152 cm³/mol. The Balaban J connectivity index is 1.65. The topological polar surface area (TPSA) is 110 Å². The molecule has 8 nitrogen and oxygen atoms in total. The number of aryl methyl sites for hydroxylation is 1. The summed E-state index contributed by atoms with van der Waals surface area (Å²) in [6.45, 7) is 5.08. The zero-order chi connectivity index (χ0) is 30.2. The average molecular weight is 615 g/mol. The van der Waals surface area contributed by atoms with E-state index in [1.165, 1.54) is 43.6 Å². The van der Waals surface area contributed by atoms with Crippen molar-refractivity contribution in [3.63, 3.8) is 0 Å². The van der Waals surface area contributed by atoms with Crippen LogP contribution in [0.25, 0.3) is 32.5 Å².